The van der Waals surface area contributed by atoms with Crippen LogP contribution in [0.4, 0.5) is 5.69 Å². The van der Waals surface area contributed by atoms with Gasteiger partial charge in [-0.3, -0.25) is 9.59 Å². The fraction of sp³-hybridized carbons (Fsp3) is 0.571. The van der Waals surface area contributed by atoms with Gasteiger partial charge in [-0.05, 0) is 38.8 Å². The molecule has 20 heavy (non-hydrogen) atoms. The first kappa shape index (κ1) is 16.7. The molecule has 2 N–H and O–H groups in total. The highest BCUT2D eigenvalue weighted by Gasteiger charge is 2.39. The molecule has 0 bridgehead atoms. The van der Waals surface area contributed by atoms with E-state index in [0.29, 0.717) is 12.2 Å². The summed E-state index contributed by atoms with van der Waals surface area (Å²) in [6, 6.07) is 3.14. The fourth-order valence-corrected chi connectivity index (χ4v) is 2.57. The van der Waals surface area contributed by atoms with Crippen LogP contribution in [0.2, 0.25) is 0 Å². The summed E-state index contributed by atoms with van der Waals surface area (Å²) in [5.74, 6) is -0.00574. The molecule has 1 aliphatic heterocycles. The topological polar surface area (TPSA) is 63.1 Å². The van der Waals surface area contributed by atoms with Crippen LogP contribution < -0.4 is 16.2 Å². The number of nitrogens with one attached hydrogen (secondary N) is 2. The zero-order valence-electron chi connectivity index (χ0n) is 11.9. The minimum Gasteiger partial charge on any atom is -0.323 e. The van der Waals surface area contributed by atoms with Crippen molar-refractivity contribution in [2.45, 2.75) is 45.2 Å². The molecule has 1 aliphatic rings. The Labute approximate surface area is 125 Å². The molecule has 0 aromatic carbocycles. The Morgan fingerprint density at radius 1 is 1.45 bits per heavy atom. The maximum Gasteiger partial charge on any atom is 0.250 e. The first-order valence-electron chi connectivity index (χ1n) is 6.88. The highest BCUT2D eigenvalue weighted by Crippen LogP contribution is 2.24. The Morgan fingerprint density at radius 3 is 2.75 bits per heavy atom. The van der Waals surface area contributed by atoms with Gasteiger partial charge in [-0.2, -0.15) is 0 Å². The van der Waals surface area contributed by atoms with Crippen molar-refractivity contribution in [2.75, 3.05) is 11.9 Å². The lowest BCUT2D eigenvalue weighted by Gasteiger charge is -2.26. The average molecular weight is 300 g/mol. The molecule has 2 rings (SSSR count). The Morgan fingerprint density at radius 2 is 2.20 bits per heavy atom. The van der Waals surface area contributed by atoms with Crippen LogP contribution in [0.25, 0.3) is 0 Å². The van der Waals surface area contributed by atoms with Crippen LogP contribution in [0.15, 0.2) is 23.1 Å². The lowest BCUT2D eigenvalue weighted by Crippen LogP contribution is -2.50. The number of carbonyl (C=O) groups is 1. The molecule has 2 heterocycles. The van der Waals surface area contributed by atoms with Gasteiger partial charge >= 0.3 is 0 Å². The molecule has 0 spiro atoms. The smallest absolute Gasteiger partial charge is 0.250 e. The molecule has 1 atom stereocenters. The summed E-state index contributed by atoms with van der Waals surface area (Å²) < 4.78 is 1.58. The largest absolute Gasteiger partial charge is 0.323 e. The van der Waals surface area contributed by atoms with E-state index in [1.54, 1.807) is 16.8 Å². The zero-order valence-corrected chi connectivity index (χ0v) is 12.8. The molecule has 0 radical (unpaired) electrons. The second kappa shape index (κ2) is 6.90. The number of amides is 1. The molecule has 1 fully saturated rings. The van der Waals surface area contributed by atoms with Gasteiger partial charge < -0.3 is 15.2 Å². The van der Waals surface area contributed by atoms with Crippen LogP contribution in [-0.4, -0.2) is 22.6 Å². The van der Waals surface area contributed by atoms with E-state index in [0.717, 1.165) is 25.8 Å². The van der Waals surface area contributed by atoms with Crippen molar-refractivity contribution in [3.05, 3.63) is 28.7 Å². The summed E-state index contributed by atoms with van der Waals surface area (Å²) in [7, 11) is 0. The summed E-state index contributed by atoms with van der Waals surface area (Å²) >= 11 is 0. The van der Waals surface area contributed by atoms with Crippen LogP contribution in [0.1, 0.15) is 33.1 Å². The molecule has 1 aromatic heterocycles. The minimum absolute atomic E-state index is 0. The molecule has 5 nitrogen and oxygen atoms in total. The first-order chi connectivity index (χ1) is 9.11. The third-order valence-corrected chi connectivity index (χ3v) is 3.86. The van der Waals surface area contributed by atoms with Gasteiger partial charge in [-0.15, -0.1) is 12.4 Å². The van der Waals surface area contributed by atoms with E-state index in [4.69, 9.17) is 0 Å². The molecular weight excluding hydrogens is 278 g/mol. The summed E-state index contributed by atoms with van der Waals surface area (Å²) in [5, 5.41) is 6.22. The fourth-order valence-electron chi connectivity index (χ4n) is 2.57. The van der Waals surface area contributed by atoms with E-state index in [2.05, 4.69) is 10.6 Å². The highest BCUT2D eigenvalue weighted by atomic mass is 35.5. The average Bonchev–Trinajstić information content (AvgIpc) is 2.91. The van der Waals surface area contributed by atoms with E-state index in [1.807, 2.05) is 13.8 Å². The van der Waals surface area contributed by atoms with Crippen molar-refractivity contribution in [3.63, 3.8) is 0 Å². The molecular formula is C14H22ClN3O2. The maximum absolute atomic E-state index is 12.4. The van der Waals surface area contributed by atoms with E-state index >= 15 is 0 Å². The lowest BCUT2D eigenvalue weighted by molar-refractivity contribution is -0.122. The molecule has 0 aliphatic carbocycles. The Hall–Kier alpha value is -1.33. The van der Waals surface area contributed by atoms with Crippen LogP contribution in [0, 0.1) is 0 Å². The Kier molecular flexibility index (Phi) is 5.77. The van der Waals surface area contributed by atoms with Crippen LogP contribution in [-0.2, 0) is 11.3 Å². The van der Waals surface area contributed by atoms with Gasteiger partial charge in [-0.1, -0.05) is 6.92 Å². The molecule has 1 saturated heterocycles. The molecule has 112 valence electrons. The first-order valence-corrected chi connectivity index (χ1v) is 6.88. The second-order valence-electron chi connectivity index (χ2n) is 4.96. The number of anilines is 1. The van der Waals surface area contributed by atoms with E-state index in [1.165, 1.54) is 6.07 Å². The SMILES string of the molecule is CCn1cc(NC(=O)C2(CC)CCCN2)ccc1=O.Cl. The van der Waals surface area contributed by atoms with Crippen LogP contribution in [0.3, 0.4) is 0 Å². The van der Waals surface area contributed by atoms with Gasteiger partial charge in [0, 0.05) is 18.8 Å². The normalized spacial score (nSPS) is 21.3. The molecule has 0 saturated carbocycles. The predicted molar refractivity (Wildman–Crippen MR) is 82.5 cm³/mol. The second-order valence-corrected chi connectivity index (χ2v) is 4.96. The van der Waals surface area contributed by atoms with Crippen molar-refractivity contribution in [1.82, 2.24) is 9.88 Å². The van der Waals surface area contributed by atoms with Crippen molar-refractivity contribution in [1.29, 1.82) is 0 Å². The number of hydrogen-bond donors (Lipinski definition) is 2. The van der Waals surface area contributed by atoms with Gasteiger partial charge in [0.25, 0.3) is 5.56 Å². The number of pyridine rings is 1. The van der Waals surface area contributed by atoms with Crippen molar-refractivity contribution in [2.24, 2.45) is 0 Å². The van der Waals surface area contributed by atoms with Gasteiger partial charge in [0.05, 0.1) is 11.2 Å². The van der Waals surface area contributed by atoms with E-state index in [9.17, 15) is 9.59 Å². The third kappa shape index (κ3) is 3.22. The number of halogens is 1. The van der Waals surface area contributed by atoms with Gasteiger partial charge in [0.2, 0.25) is 5.91 Å². The molecule has 6 heteroatoms. The Bertz CT molecular complexity index is 521. The maximum atomic E-state index is 12.4. The van der Waals surface area contributed by atoms with E-state index < -0.39 is 5.54 Å². The Balaban J connectivity index is 0.00000200. The van der Waals surface area contributed by atoms with Crippen LogP contribution in [0.5, 0.6) is 0 Å². The molecule has 1 unspecified atom stereocenters. The summed E-state index contributed by atoms with van der Waals surface area (Å²) in [5.41, 5.74) is 0.172. The monoisotopic (exact) mass is 299 g/mol. The predicted octanol–water partition coefficient (Wildman–Crippen LogP) is 1.76. The standard InChI is InChI=1S/C14H21N3O2.ClH/c1-3-14(8-5-9-15-14)13(19)16-11-6-7-12(18)17(4-2)10-11;/h6-7,10,15H,3-5,8-9H2,1-2H3,(H,16,19);1H. The lowest BCUT2D eigenvalue weighted by atomic mass is 9.93. The number of carbonyl (C=O) groups excluding carboxylic acids is 1. The number of aromatic nitrogens is 1. The van der Waals surface area contributed by atoms with Gasteiger partial charge in [0.15, 0.2) is 0 Å². The van der Waals surface area contributed by atoms with Crippen molar-refractivity contribution in [3.8, 4) is 0 Å². The highest BCUT2D eigenvalue weighted by molar-refractivity contribution is 5.98. The number of nitrogens with zero attached hydrogens (tertiary/aromatic N) is 1. The molecule has 1 aromatic rings. The van der Waals surface area contributed by atoms with Gasteiger partial charge in [-0.25, -0.2) is 0 Å². The minimum atomic E-state index is -0.451. The summed E-state index contributed by atoms with van der Waals surface area (Å²) in [6.45, 7) is 5.40. The number of aryl methyl sites for hydroxylation is 1. The van der Waals surface area contributed by atoms with Crippen molar-refractivity contribution < 1.29 is 4.79 Å². The quantitative estimate of drug-likeness (QED) is 0.890. The van der Waals surface area contributed by atoms with E-state index in [-0.39, 0.29) is 23.9 Å². The summed E-state index contributed by atoms with van der Waals surface area (Å²) in [6.07, 6.45) is 4.35. The summed E-state index contributed by atoms with van der Waals surface area (Å²) in [4.78, 5) is 23.9. The van der Waals surface area contributed by atoms with Crippen molar-refractivity contribution >= 4 is 24.0 Å². The van der Waals surface area contributed by atoms with Gasteiger partial charge in [0.1, 0.15) is 0 Å². The molecule has 1 amide bonds. The third-order valence-electron chi connectivity index (χ3n) is 3.86. The zero-order chi connectivity index (χ0) is 13.9. The number of hydrogen-bond acceptors (Lipinski definition) is 3. The number of rotatable bonds is 4. The van der Waals surface area contributed by atoms with Crippen LogP contribution >= 0.6 is 12.4 Å².